The summed E-state index contributed by atoms with van der Waals surface area (Å²) < 4.78 is 23.3. The average Bonchev–Trinajstić information content (AvgIpc) is 3.23. The fraction of sp³-hybridized carbons (Fsp3) is 0.906. The zero-order chi connectivity index (χ0) is 45.7. The lowest BCUT2D eigenvalue weighted by molar-refractivity contribution is -0.870. The number of rotatable bonds is 49. The van der Waals surface area contributed by atoms with Crippen molar-refractivity contribution in [3.05, 3.63) is 24.3 Å². The lowest BCUT2D eigenvalue weighted by Gasteiger charge is -2.29. The number of hydrogen-bond donors (Lipinski definition) is 2. The molecule has 0 saturated carbocycles. The second-order valence-corrected chi connectivity index (χ2v) is 21.0. The molecule has 0 aliphatic heterocycles. The summed E-state index contributed by atoms with van der Waals surface area (Å²) in [5.41, 5.74) is 0. The van der Waals surface area contributed by atoms with E-state index < -0.39 is 20.0 Å². The van der Waals surface area contributed by atoms with Gasteiger partial charge in [0.1, 0.15) is 13.2 Å². The van der Waals surface area contributed by atoms with Gasteiger partial charge >= 0.3 is 0 Å². The van der Waals surface area contributed by atoms with Crippen LogP contribution in [0.3, 0.4) is 0 Å². The highest BCUT2D eigenvalue weighted by Crippen LogP contribution is 2.38. The minimum atomic E-state index is -4.59. The third kappa shape index (κ3) is 47.0. The number of allylic oxidation sites excluding steroid dienone is 3. The van der Waals surface area contributed by atoms with Gasteiger partial charge in [-0.15, -0.1) is 0 Å². The standard InChI is InChI=1S/C53H105N2O6P/c1-6-8-10-12-14-16-18-20-22-24-25-26-27-28-29-30-31-32-34-36-38-40-42-44-46-52(56)51(50-61-62(58,59)60-49-48-55(3,4)5)54-53(57)47-45-43-41-39-37-35-33-23-21-19-17-15-13-11-9-7-2/h23,33,44,46,51-52,56H,6-22,24-32,34-43,45,47-50H2,1-5H3,(H-,54,57,58,59)/b33-23-,46-44+. The van der Waals surface area contributed by atoms with Crippen LogP contribution < -0.4 is 10.2 Å². The third-order valence-corrected chi connectivity index (χ3v) is 13.1. The number of nitrogens with one attached hydrogen (secondary N) is 1. The molecule has 3 atom stereocenters. The van der Waals surface area contributed by atoms with Crippen molar-refractivity contribution in [2.75, 3.05) is 40.9 Å². The van der Waals surface area contributed by atoms with E-state index in [0.717, 1.165) is 51.4 Å². The number of aliphatic hydroxyl groups is 1. The van der Waals surface area contributed by atoms with Gasteiger partial charge in [-0.3, -0.25) is 9.36 Å². The highest BCUT2D eigenvalue weighted by molar-refractivity contribution is 7.45. The Balaban J connectivity index is 4.25. The second kappa shape index (κ2) is 45.1. The number of phosphoric ester groups is 1. The molecule has 0 aromatic carbocycles. The van der Waals surface area contributed by atoms with Gasteiger partial charge in [0.05, 0.1) is 39.9 Å². The Kier molecular flexibility index (Phi) is 44.4. The van der Waals surface area contributed by atoms with Gasteiger partial charge in [-0.05, 0) is 44.9 Å². The molecule has 368 valence electrons. The Morgan fingerprint density at radius 3 is 1.26 bits per heavy atom. The van der Waals surface area contributed by atoms with Crippen LogP contribution in [0.5, 0.6) is 0 Å². The first-order valence-corrected chi connectivity index (χ1v) is 28.2. The number of amides is 1. The number of aliphatic hydroxyl groups excluding tert-OH is 1. The van der Waals surface area contributed by atoms with E-state index in [-0.39, 0.29) is 19.1 Å². The highest BCUT2D eigenvalue weighted by atomic mass is 31.2. The smallest absolute Gasteiger partial charge is 0.268 e. The normalized spacial score (nSPS) is 14.2. The summed E-state index contributed by atoms with van der Waals surface area (Å²) >= 11 is 0. The molecule has 0 heterocycles. The summed E-state index contributed by atoms with van der Waals surface area (Å²) in [7, 11) is 1.26. The van der Waals surface area contributed by atoms with E-state index in [1.54, 1.807) is 6.08 Å². The first-order chi connectivity index (χ1) is 30.0. The zero-order valence-corrected chi connectivity index (χ0v) is 42.7. The van der Waals surface area contributed by atoms with E-state index in [4.69, 9.17) is 9.05 Å². The molecule has 3 unspecified atom stereocenters. The highest BCUT2D eigenvalue weighted by Gasteiger charge is 2.23. The van der Waals surface area contributed by atoms with E-state index in [2.05, 4.69) is 31.3 Å². The molecule has 0 spiro atoms. The van der Waals surface area contributed by atoms with Crippen molar-refractivity contribution in [3.8, 4) is 0 Å². The predicted molar refractivity (Wildman–Crippen MR) is 265 cm³/mol. The first-order valence-electron chi connectivity index (χ1n) is 26.7. The summed E-state index contributed by atoms with van der Waals surface area (Å²) in [6, 6.07) is -0.889. The van der Waals surface area contributed by atoms with Crippen LogP contribution in [-0.2, 0) is 18.4 Å². The van der Waals surface area contributed by atoms with E-state index >= 15 is 0 Å². The van der Waals surface area contributed by atoms with Gasteiger partial charge < -0.3 is 28.8 Å². The van der Waals surface area contributed by atoms with Crippen molar-refractivity contribution in [2.45, 2.75) is 270 Å². The number of nitrogens with zero attached hydrogens (tertiary/aromatic N) is 1. The van der Waals surface area contributed by atoms with E-state index in [1.165, 1.54) is 186 Å². The van der Waals surface area contributed by atoms with E-state index in [0.29, 0.717) is 17.4 Å². The van der Waals surface area contributed by atoms with E-state index in [1.807, 2.05) is 27.2 Å². The summed E-state index contributed by atoms with van der Waals surface area (Å²) in [6.45, 7) is 4.67. The van der Waals surface area contributed by atoms with Crippen LogP contribution in [0.25, 0.3) is 0 Å². The maximum absolute atomic E-state index is 12.9. The van der Waals surface area contributed by atoms with Crippen LogP contribution in [0.2, 0.25) is 0 Å². The Labute approximate surface area is 385 Å². The van der Waals surface area contributed by atoms with Gasteiger partial charge in [-0.2, -0.15) is 0 Å². The van der Waals surface area contributed by atoms with Gasteiger partial charge in [0, 0.05) is 6.42 Å². The molecule has 0 aromatic rings. The van der Waals surface area contributed by atoms with Crippen molar-refractivity contribution >= 4 is 13.7 Å². The fourth-order valence-electron chi connectivity index (χ4n) is 7.91. The van der Waals surface area contributed by atoms with E-state index in [9.17, 15) is 19.4 Å². The maximum Gasteiger partial charge on any atom is 0.268 e. The minimum absolute atomic E-state index is 0.00115. The second-order valence-electron chi connectivity index (χ2n) is 19.6. The summed E-state index contributed by atoms with van der Waals surface area (Å²) in [5, 5.41) is 13.9. The Bertz CT molecular complexity index is 1060. The molecule has 9 heteroatoms. The Morgan fingerprint density at radius 1 is 0.548 bits per heavy atom. The van der Waals surface area contributed by atoms with Crippen LogP contribution in [0.15, 0.2) is 24.3 Å². The van der Waals surface area contributed by atoms with Gasteiger partial charge in [0.15, 0.2) is 0 Å². The molecule has 0 radical (unpaired) electrons. The molecular weight excluding hydrogens is 792 g/mol. The first kappa shape index (κ1) is 61.0. The molecule has 1 amide bonds. The molecular formula is C53H105N2O6P. The van der Waals surface area contributed by atoms with Crippen LogP contribution in [0, 0.1) is 0 Å². The van der Waals surface area contributed by atoms with Gasteiger partial charge in [-0.25, -0.2) is 0 Å². The number of quaternary nitrogens is 1. The number of hydrogen-bond acceptors (Lipinski definition) is 6. The number of carbonyl (C=O) groups is 1. The third-order valence-electron chi connectivity index (χ3n) is 12.2. The number of carbonyl (C=O) groups excluding carboxylic acids is 1. The van der Waals surface area contributed by atoms with Crippen molar-refractivity contribution in [2.24, 2.45) is 0 Å². The molecule has 0 rings (SSSR count). The summed E-state index contributed by atoms with van der Waals surface area (Å²) in [5.74, 6) is -0.203. The van der Waals surface area contributed by atoms with Crippen molar-refractivity contribution in [1.29, 1.82) is 0 Å². The largest absolute Gasteiger partial charge is 0.756 e. The monoisotopic (exact) mass is 897 g/mol. The van der Waals surface area contributed by atoms with Crippen LogP contribution in [-0.4, -0.2) is 68.5 Å². The molecule has 8 nitrogen and oxygen atoms in total. The topological polar surface area (TPSA) is 108 Å². The van der Waals surface area contributed by atoms with Crippen LogP contribution in [0.4, 0.5) is 0 Å². The minimum Gasteiger partial charge on any atom is -0.756 e. The van der Waals surface area contributed by atoms with Crippen LogP contribution in [0.1, 0.15) is 258 Å². The number of phosphoric acid groups is 1. The molecule has 0 saturated heterocycles. The number of likely N-dealkylation sites (N-methyl/N-ethyl adjacent to an activating group) is 1. The Morgan fingerprint density at radius 2 is 0.887 bits per heavy atom. The average molecular weight is 897 g/mol. The van der Waals surface area contributed by atoms with Crippen LogP contribution >= 0.6 is 7.82 Å². The maximum atomic E-state index is 12.9. The SMILES string of the molecule is CCCCCCCCC/C=C\CCCCCCCC(=O)NC(COP(=O)([O-])OCC[N+](C)(C)C)C(O)/C=C/CCCCCCCCCCCCCCCCCCCCCCCC. The van der Waals surface area contributed by atoms with Gasteiger partial charge in [-0.1, -0.05) is 231 Å². The fourth-order valence-corrected chi connectivity index (χ4v) is 8.64. The molecule has 0 aliphatic carbocycles. The zero-order valence-electron chi connectivity index (χ0n) is 41.8. The molecule has 0 bridgehead atoms. The molecule has 62 heavy (non-hydrogen) atoms. The van der Waals surface area contributed by atoms with Gasteiger partial charge in [0.2, 0.25) is 5.91 Å². The number of unbranched alkanes of at least 4 members (excludes halogenated alkanes) is 34. The lowest BCUT2D eigenvalue weighted by atomic mass is 10.0. The summed E-state index contributed by atoms with van der Waals surface area (Å²) in [6.07, 6.45) is 55.3. The van der Waals surface area contributed by atoms with Crippen molar-refractivity contribution < 1.29 is 32.9 Å². The van der Waals surface area contributed by atoms with Gasteiger partial charge in [0.25, 0.3) is 7.82 Å². The quantitative estimate of drug-likeness (QED) is 0.0273. The molecule has 0 aliphatic rings. The predicted octanol–water partition coefficient (Wildman–Crippen LogP) is 15.0. The van der Waals surface area contributed by atoms with Crippen molar-refractivity contribution in [3.63, 3.8) is 0 Å². The molecule has 0 aromatic heterocycles. The Hall–Kier alpha value is -1.02. The molecule has 0 fully saturated rings. The summed E-state index contributed by atoms with van der Waals surface area (Å²) in [4.78, 5) is 25.4. The molecule has 2 N–H and O–H groups in total. The van der Waals surface area contributed by atoms with Crippen molar-refractivity contribution in [1.82, 2.24) is 5.32 Å². The lowest BCUT2D eigenvalue weighted by Crippen LogP contribution is -2.45.